The number of hydrogen-bond acceptors (Lipinski definition) is 3. The number of carbonyl (C=O) groups is 1. The predicted octanol–water partition coefficient (Wildman–Crippen LogP) is 2.75. The SMILES string of the molecule is COc1ccc([C@@H](CNC(=O)C2CCC2)N2CCCC2)cc1. The Morgan fingerprint density at radius 3 is 2.45 bits per heavy atom. The van der Waals surface area contributed by atoms with Crippen molar-refractivity contribution in [3.63, 3.8) is 0 Å². The van der Waals surface area contributed by atoms with Crippen LogP contribution in [0.3, 0.4) is 0 Å². The van der Waals surface area contributed by atoms with Crippen LogP contribution >= 0.6 is 0 Å². The van der Waals surface area contributed by atoms with Crippen molar-refractivity contribution in [2.24, 2.45) is 5.92 Å². The number of hydrogen-bond donors (Lipinski definition) is 1. The zero-order chi connectivity index (χ0) is 15.4. The number of nitrogens with zero attached hydrogens (tertiary/aromatic N) is 1. The van der Waals surface area contributed by atoms with Crippen LogP contribution in [-0.2, 0) is 4.79 Å². The summed E-state index contributed by atoms with van der Waals surface area (Å²) in [6, 6.07) is 8.53. The number of nitrogens with one attached hydrogen (secondary N) is 1. The molecule has 0 radical (unpaired) electrons. The highest BCUT2D eigenvalue weighted by molar-refractivity contribution is 5.79. The van der Waals surface area contributed by atoms with E-state index in [4.69, 9.17) is 4.74 Å². The topological polar surface area (TPSA) is 41.6 Å². The lowest BCUT2D eigenvalue weighted by atomic mass is 9.85. The minimum absolute atomic E-state index is 0.240. The third-order valence-electron chi connectivity index (χ3n) is 5.03. The summed E-state index contributed by atoms with van der Waals surface area (Å²) >= 11 is 0. The van der Waals surface area contributed by atoms with Crippen molar-refractivity contribution >= 4 is 5.91 Å². The van der Waals surface area contributed by atoms with Crippen molar-refractivity contribution < 1.29 is 9.53 Å². The number of carbonyl (C=O) groups excluding carboxylic acids is 1. The molecule has 1 aromatic rings. The summed E-state index contributed by atoms with van der Waals surface area (Å²) in [5.41, 5.74) is 1.26. The average molecular weight is 302 g/mol. The third-order valence-corrected chi connectivity index (χ3v) is 5.03. The fourth-order valence-electron chi connectivity index (χ4n) is 3.35. The Bertz CT molecular complexity index is 490. The Labute approximate surface area is 132 Å². The monoisotopic (exact) mass is 302 g/mol. The van der Waals surface area contributed by atoms with E-state index in [1.54, 1.807) is 7.11 Å². The van der Waals surface area contributed by atoms with Gasteiger partial charge in [-0.3, -0.25) is 9.69 Å². The molecule has 0 bridgehead atoms. The third kappa shape index (κ3) is 3.43. The second-order valence-electron chi connectivity index (χ2n) is 6.41. The summed E-state index contributed by atoms with van der Waals surface area (Å²) in [5, 5.41) is 3.18. The van der Waals surface area contributed by atoms with Gasteiger partial charge in [0, 0.05) is 12.5 Å². The highest BCUT2D eigenvalue weighted by Gasteiger charge is 2.28. The van der Waals surface area contributed by atoms with Crippen LogP contribution in [0, 0.1) is 5.92 Å². The zero-order valence-electron chi connectivity index (χ0n) is 13.4. The van der Waals surface area contributed by atoms with Gasteiger partial charge in [-0.05, 0) is 56.5 Å². The normalized spacial score (nSPS) is 20.4. The van der Waals surface area contributed by atoms with Gasteiger partial charge in [-0.1, -0.05) is 18.6 Å². The van der Waals surface area contributed by atoms with Crippen molar-refractivity contribution in [1.82, 2.24) is 10.2 Å². The van der Waals surface area contributed by atoms with Crippen LogP contribution in [0.15, 0.2) is 24.3 Å². The molecule has 2 aliphatic rings. The van der Waals surface area contributed by atoms with Gasteiger partial charge in [0.25, 0.3) is 0 Å². The number of methoxy groups -OCH3 is 1. The first-order valence-electron chi connectivity index (χ1n) is 8.43. The highest BCUT2D eigenvalue weighted by Crippen LogP contribution is 2.28. The Kier molecular flexibility index (Phi) is 4.98. The molecule has 2 fully saturated rings. The van der Waals surface area contributed by atoms with Crippen LogP contribution in [0.25, 0.3) is 0 Å². The summed E-state index contributed by atoms with van der Waals surface area (Å²) in [5.74, 6) is 1.38. The van der Waals surface area contributed by atoms with E-state index in [2.05, 4.69) is 22.3 Å². The predicted molar refractivity (Wildman–Crippen MR) is 86.9 cm³/mol. The molecule has 22 heavy (non-hydrogen) atoms. The maximum atomic E-state index is 12.1. The van der Waals surface area contributed by atoms with Crippen LogP contribution in [-0.4, -0.2) is 37.6 Å². The quantitative estimate of drug-likeness (QED) is 0.878. The molecule has 1 heterocycles. The van der Waals surface area contributed by atoms with E-state index in [9.17, 15) is 4.79 Å². The Morgan fingerprint density at radius 2 is 1.91 bits per heavy atom. The number of amides is 1. The van der Waals surface area contributed by atoms with Crippen molar-refractivity contribution in [3.8, 4) is 5.75 Å². The maximum absolute atomic E-state index is 12.1. The van der Waals surface area contributed by atoms with Gasteiger partial charge in [-0.2, -0.15) is 0 Å². The van der Waals surface area contributed by atoms with Gasteiger partial charge in [0.15, 0.2) is 0 Å². The zero-order valence-corrected chi connectivity index (χ0v) is 13.4. The van der Waals surface area contributed by atoms with Gasteiger partial charge in [0.2, 0.25) is 5.91 Å². The minimum Gasteiger partial charge on any atom is -0.497 e. The molecule has 0 spiro atoms. The second kappa shape index (κ2) is 7.14. The molecule has 4 heteroatoms. The molecule has 1 N–H and O–H groups in total. The van der Waals surface area contributed by atoms with Crippen LogP contribution in [0.4, 0.5) is 0 Å². The van der Waals surface area contributed by atoms with Crippen molar-refractivity contribution in [2.45, 2.75) is 38.1 Å². The summed E-state index contributed by atoms with van der Waals surface area (Å²) < 4.78 is 5.24. The largest absolute Gasteiger partial charge is 0.497 e. The molecule has 1 aliphatic carbocycles. The number of rotatable bonds is 6. The molecule has 1 amide bonds. The Balaban J connectivity index is 1.66. The van der Waals surface area contributed by atoms with Gasteiger partial charge in [0.05, 0.1) is 13.2 Å². The number of benzene rings is 1. The summed E-state index contributed by atoms with van der Waals surface area (Å²) in [6.07, 6.45) is 5.82. The van der Waals surface area contributed by atoms with Crippen LogP contribution in [0.5, 0.6) is 5.75 Å². The van der Waals surface area contributed by atoms with Gasteiger partial charge < -0.3 is 10.1 Å². The van der Waals surface area contributed by atoms with Crippen molar-refractivity contribution in [2.75, 3.05) is 26.7 Å². The van der Waals surface area contributed by atoms with E-state index >= 15 is 0 Å². The Hall–Kier alpha value is -1.55. The van der Waals surface area contributed by atoms with E-state index in [-0.39, 0.29) is 17.9 Å². The van der Waals surface area contributed by atoms with Gasteiger partial charge in [-0.15, -0.1) is 0 Å². The van der Waals surface area contributed by atoms with Crippen LogP contribution < -0.4 is 10.1 Å². The number of ether oxygens (including phenoxy) is 1. The molecule has 0 unspecified atom stereocenters. The van der Waals surface area contributed by atoms with Gasteiger partial charge in [0.1, 0.15) is 5.75 Å². The lowest BCUT2D eigenvalue weighted by Gasteiger charge is -2.30. The van der Waals surface area contributed by atoms with Gasteiger partial charge >= 0.3 is 0 Å². The van der Waals surface area contributed by atoms with E-state index in [1.165, 1.54) is 24.8 Å². The van der Waals surface area contributed by atoms with Crippen molar-refractivity contribution in [1.29, 1.82) is 0 Å². The molecule has 3 rings (SSSR count). The molecule has 1 atom stereocenters. The molecule has 1 saturated carbocycles. The molecule has 4 nitrogen and oxygen atoms in total. The maximum Gasteiger partial charge on any atom is 0.223 e. The average Bonchev–Trinajstić information content (AvgIpc) is 3.00. The van der Waals surface area contributed by atoms with Crippen LogP contribution in [0.2, 0.25) is 0 Å². The lowest BCUT2D eigenvalue weighted by molar-refractivity contribution is -0.127. The minimum atomic E-state index is 0.240. The molecule has 0 aromatic heterocycles. The first-order chi connectivity index (χ1) is 10.8. The second-order valence-corrected chi connectivity index (χ2v) is 6.41. The summed E-state index contributed by atoms with van der Waals surface area (Å²) in [7, 11) is 1.69. The van der Waals surface area contributed by atoms with E-state index in [0.29, 0.717) is 6.54 Å². The first kappa shape index (κ1) is 15.3. The Morgan fingerprint density at radius 1 is 1.23 bits per heavy atom. The fraction of sp³-hybridized carbons (Fsp3) is 0.611. The highest BCUT2D eigenvalue weighted by atomic mass is 16.5. The summed E-state index contributed by atoms with van der Waals surface area (Å²) in [4.78, 5) is 14.6. The fourth-order valence-corrected chi connectivity index (χ4v) is 3.35. The molecule has 1 aromatic carbocycles. The van der Waals surface area contributed by atoms with Crippen molar-refractivity contribution in [3.05, 3.63) is 29.8 Å². The molecule has 1 aliphatic heterocycles. The van der Waals surface area contributed by atoms with Gasteiger partial charge in [-0.25, -0.2) is 0 Å². The standard InChI is InChI=1S/C18H26N2O2/c1-22-16-9-7-14(8-10-16)17(20-11-2-3-12-20)13-19-18(21)15-5-4-6-15/h7-10,15,17H,2-6,11-13H2,1H3,(H,19,21)/t17-/m1/s1. The van der Waals surface area contributed by atoms with E-state index < -0.39 is 0 Å². The smallest absolute Gasteiger partial charge is 0.223 e. The van der Waals surface area contributed by atoms with E-state index in [1.807, 2.05) is 12.1 Å². The number of likely N-dealkylation sites (tertiary alicyclic amines) is 1. The first-order valence-corrected chi connectivity index (χ1v) is 8.43. The molecule has 1 saturated heterocycles. The summed E-state index contributed by atoms with van der Waals surface area (Å²) in [6.45, 7) is 2.95. The molecular weight excluding hydrogens is 276 g/mol. The molecule has 120 valence electrons. The lowest BCUT2D eigenvalue weighted by Crippen LogP contribution is -2.40. The van der Waals surface area contributed by atoms with E-state index in [0.717, 1.165) is 31.7 Å². The van der Waals surface area contributed by atoms with Crippen LogP contribution in [0.1, 0.15) is 43.7 Å². The molecular formula is C18H26N2O2.